The van der Waals surface area contributed by atoms with E-state index in [1.807, 2.05) is 17.5 Å². The van der Waals surface area contributed by atoms with E-state index in [0.29, 0.717) is 23.4 Å². The lowest BCUT2D eigenvalue weighted by Crippen LogP contribution is -2.30. The summed E-state index contributed by atoms with van der Waals surface area (Å²) in [5.74, 6) is -8.97. The van der Waals surface area contributed by atoms with Gasteiger partial charge in [0.25, 0.3) is 0 Å². The molecule has 2 aliphatic rings. The van der Waals surface area contributed by atoms with E-state index in [2.05, 4.69) is 0 Å². The number of fused-ring (bicyclic) bond motifs is 1. The molecule has 0 saturated carbocycles. The van der Waals surface area contributed by atoms with Crippen molar-refractivity contribution in [1.29, 1.82) is 0 Å². The lowest BCUT2D eigenvalue weighted by atomic mass is 9.85. The van der Waals surface area contributed by atoms with Gasteiger partial charge in [0, 0.05) is 11.0 Å². The quantitative estimate of drug-likeness (QED) is 0.234. The highest BCUT2D eigenvalue weighted by atomic mass is 32.2. The van der Waals surface area contributed by atoms with Crippen LogP contribution in [0.3, 0.4) is 0 Å². The molecule has 2 atom stereocenters. The van der Waals surface area contributed by atoms with E-state index in [0.717, 1.165) is 11.8 Å². The van der Waals surface area contributed by atoms with Gasteiger partial charge in [0.05, 0.1) is 23.3 Å². The highest BCUT2D eigenvalue weighted by Gasteiger charge is 2.47. The number of nitrogens with zero attached hydrogens (tertiary/aromatic N) is 1. The fraction of sp³-hybridized carbons (Fsp3) is 0.227. The summed E-state index contributed by atoms with van der Waals surface area (Å²) in [4.78, 5) is 39.0. The van der Waals surface area contributed by atoms with Crippen molar-refractivity contribution in [2.45, 2.75) is 17.7 Å². The van der Waals surface area contributed by atoms with Gasteiger partial charge in [-0.05, 0) is 37.1 Å². The second kappa shape index (κ2) is 8.78. The normalized spacial score (nSPS) is 19.9. The number of hydrogen-bond acceptors (Lipinski definition) is 4. The average molecular weight is 464 g/mol. The van der Waals surface area contributed by atoms with Crippen LogP contribution in [0.5, 0.6) is 0 Å². The van der Waals surface area contributed by atoms with Crippen LogP contribution in [-0.4, -0.2) is 23.5 Å². The maximum atomic E-state index is 13.7. The van der Waals surface area contributed by atoms with Gasteiger partial charge in [0.2, 0.25) is 17.7 Å². The molecule has 1 fully saturated rings. The van der Waals surface area contributed by atoms with Gasteiger partial charge in [0.1, 0.15) is 5.69 Å². The Morgan fingerprint density at radius 1 is 0.938 bits per heavy atom. The first-order valence-corrected chi connectivity index (χ1v) is 10.6. The summed E-state index contributed by atoms with van der Waals surface area (Å²) < 4.78 is 53.8. The number of amides is 3. The van der Waals surface area contributed by atoms with Gasteiger partial charge in [-0.1, -0.05) is 12.2 Å². The Hall–Kier alpha value is -3.14. The topological polar surface area (TPSA) is 66.5 Å². The molecule has 166 valence electrons. The van der Waals surface area contributed by atoms with Crippen molar-refractivity contribution in [3.05, 3.63) is 65.8 Å². The maximum Gasteiger partial charge on any atom is 0.238 e. The molecule has 0 radical (unpaired) electrons. The molecule has 1 saturated heterocycles. The Kier molecular flexibility index (Phi) is 6.05. The number of allylic oxidation sites excluding steroid dienone is 2. The van der Waals surface area contributed by atoms with Crippen molar-refractivity contribution >= 4 is 40.9 Å². The van der Waals surface area contributed by atoms with Gasteiger partial charge in [-0.15, -0.1) is 11.8 Å². The molecule has 10 heteroatoms. The van der Waals surface area contributed by atoms with E-state index in [-0.39, 0.29) is 35.5 Å². The van der Waals surface area contributed by atoms with Gasteiger partial charge < -0.3 is 5.32 Å². The fourth-order valence-electron chi connectivity index (χ4n) is 3.75. The predicted molar refractivity (Wildman–Crippen MR) is 110 cm³/mol. The number of imide groups is 1. The van der Waals surface area contributed by atoms with E-state index in [1.165, 1.54) is 4.90 Å². The molecule has 1 aliphatic heterocycles. The number of hydrogen-bond donors (Lipinski definition) is 1. The van der Waals surface area contributed by atoms with E-state index < -0.39 is 34.9 Å². The number of nitrogens with one attached hydrogen (secondary N) is 1. The van der Waals surface area contributed by atoms with E-state index in [4.69, 9.17) is 0 Å². The van der Waals surface area contributed by atoms with Gasteiger partial charge in [-0.3, -0.25) is 19.3 Å². The van der Waals surface area contributed by atoms with Gasteiger partial charge >= 0.3 is 0 Å². The standard InChI is InChI=1S/C22H16F4N2O3S/c23-15-9-16(24)19(26)20(18(15)25)27-17(29)10-32-12-7-5-11(6-8-12)28-21(30)13-3-1-2-4-14(13)22(28)31/h1-2,5-9,13-14H,3-4,10H2,(H,27,29)/t13-,14-/m0/s1. The smallest absolute Gasteiger partial charge is 0.238 e. The van der Waals surface area contributed by atoms with Gasteiger partial charge in [-0.25, -0.2) is 17.6 Å². The summed E-state index contributed by atoms with van der Waals surface area (Å²) in [5, 5.41) is 1.83. The summed E-state index contributed by atoms with van der Waals surface area (Å²) in [6, 6.07) is 6.39. The van der Waals surface area contributed by atoms with Crippen LogP contribution in [0, 0.1) is 35.1 Å². The monoisotopic (exact) mass is 464 g/mol. The summed E-state index contributed by atoms with van der Waals surface area (Å²) >= 11 is 0.998. The minimum atomic E-state index is -1.69. The Morgan fingerprint density at radius 3 is 2.00 bits per heavy atom. The molecule has 0 bridgehead atoms. The molecule has 5 nitrogen and oxygen atoms in total. The number of anilines is 2. The molecule has 2 aromatic carbocycles. The Labute approximate surface area is 184 Å². The zero-order chi connectivity index (χ0) is 23.0. The number of carbonyl (C=O) groups is 3. The molecule has 3 amide bonds. The molecule has 1 heterocycles. The minimum Gasteiger partial charge on any atom is -0.320 e. The van der Waals surface area contributed by atoms with Crippen LogP contribution >= 0.6 is 11.8 Å². The Balaban J connectivity index is 1.39. The molecule has 1 aliphatic carbocycles. The summed E-state index contributed by atoms with van der Waals surface area (Å²) in [6.07, 6.45) is 4.86. The molecule has 0 unspecified atom stereocenters. The summed E-state index contributed by atoms with van der Waals surface area (Å²) in [7, 11) is 0. The Morgan fingerprint density at radius 2 is 1.47 bits per heavy atom. The highest BCUT2D eigenvalue weighted by Crippen LogP contribution is 2.38. The zero-order valence-electron chi connectivity index (χ0n) is 16.4. The lowest BCUT2D eigenvalue weighted by molar-refractivity contribution is -0.122. The molecule has 0 spiro atoms. The van der Waals surface area contributed by atoms with Crippen LogP contribution < -0.4 is 10.2 Å². The molecular weight excluding hydrogens is 448 g/mol. The Bertz CT molecular complexity index is 1080. The van der Waals surface area contributed by atoms with E-state index in [1.54, 1.807) is 24.3 Å². The van der Waals surface area contributed by atoms with Crippen LogP contribution in [0.4, 0.5) is 28.9 Å². The number of thioether (sulfide) groups is 1. The van der Waals surface area contributed by atoms with E-state index in [9.17, 15) is 31.9 Å². The van der Waals surface area contributed by atoms with Gasteiger partial charge in [-0.2, -0.15) is 0 Å². The maximum absolute atomic E-state index is 13.7. The number of carbonyl (C=O) groups excluding carboxylic acids is 3. The van der Waals surface area contributed by atoms with Crippen LogP contribution in [0.2, 0.25) is 0 Å². The molecule has 4 rings (SSSR count). The summed E-state index contributed by atoms with van der Waals surface area (Å²) in [5.41, 5.74) is -0.770. The number of halogens is 4. The average Bonchev–Trinajstić information content (AvgIpc) is 3.04. The lowest BCUT2D eigenvalue weighted by Gasteiger charge is -2.15. The summed E-state index contributed by atoms with van der Waals surface area (Å²) in [6.45, 7) is 0. The third-order valence-electron chi connectivity index (χ3n) is 5.35. The van der Waals surface area contributed by atoms with Crippen molar-refractivity contribution < 1.29 is 31.9 Å². The largest absolute Gasteiger partial charge is 0.320 e. The van der Waals surface area contributed by atoms with E-state index >= 15 is 0 Å². The third kappa shape index (κ3) is 4.02. The minimum absolute atomic E-state index is 0.0535. The van der Waals surface area contributed by atoms with Crippen molar-refractivity contribution in [2.24, 2.45) is 11.8 Å². The number of rotatable bonds is 5. The molecule has 32 heavy (non-hydrogen) atoms. The molecule has 1 N–H and O–H groups in total. The third-order valence-corrected chi connectivity index (χ3v) is 6.36. The fourth-order valence-corrected chi connectivity index (χ4v) is 4.45. The molecular formula is C22H16F4N2O3S. The highest BCUT2D eigenvalue weighted by molar-refractivity contribution is 8.00. The second-order valence-corrected chi connectivity index (χ2v) is 8.39. The molecule has 0 aromatic heterocycles. The van der Waals surface area contributed by atoms with Crippen LogP contribution in [0.1, 0.15) is 12.8 Å². The van der Waals surface area contributed by atoms with Crippen molar-refractivity contribution in [1.82, 2.24) is 0 Å². The predicted octanol–water partition coefficient (Wildman–Crippen LogP) is 4.43. The zero-order valence-corrected chi connectivity index (χ0v) is 17.2. The molecule has 2 aromatic rings. The van der Waals surface area contributed by atoms with Crippen molar-refractivity contribution in [3.8, 4) is 0 Å². The van der Waals surface area contributed by atoms with Crippen LogP contribution in [-0.2, 0) is 14.4 Å². The number of benzene rings is 2. The second-order valence-electron chi connectivity index (χ2n) is 7.34. The van der Waals surface area contributed by atoms with Crippen LogP contribution in [0.25, 0.3) is 0 Å². The SMILES string of the molecule is O=C(CSc1ccc(N2C(=O)[C@H]3CC=CC[C@@H]3C2=O)cc1)Nc1c(F)c(F)cc(F)c1F. The van der Waals surface area contributed by atoms with Gasteiger partial charge in [0.15, 0.2) is 23.3 Å². The first kappa shape index (κ1) is 22.1. The first-order valence-electron chi connectivity index (χ1n) is 9.66. The van der Waals surface area contributed by atoms with Crippen molar-refractivity contribution in [2.75, 3.05) is 16.0 Å². The van der Waals surface area contributed by atoms with Crippen molar-refractivity contribution in [3.63, 3.8) is 0 Å². The van der Waals surface area contributed by atoms with Crippen LogP contribution in [0.15, 0.2) is 47.4 Å². The first-order chi connectivity index (χ1) is 15.3.